The van der Waals surface area contributed by atoms with E-state index in [-0.39, 0.29) is 24.2 Å². The van der Waals surface area contributed by atoms with Crippen LogP contribution in [0.4, 0.5) is 17.1 Å². The molecule has 94 valence electrons. The van der Waals surface area contributed by atoms with Crippen LogP contribution in [0, 0.1) is 0 Å². The van der Waals surface area contributed by atoms with E-state index < -0.39 is 23.3 Å². The topological polar surface area (TPSA) is 129 Å². The third kappa shape index (κ3) is 1.71. The molecular formula is C12H13N3O3. The molecule has 0 saturated heterocycles. The van der Waals surface area contributed by atoms with E-state index in [0.29, 0.717) is 11.3 Å². The predicted octanol–water partition coefficient (Wildman–Crippen LogP) is 0.0179. The molecule has 18 heavy (non-hydrogen) atoms. The molecule has 6 heteroatoms. The number of rotatable bonds is 1. The van der Waals surface area contributed by atoms with Gasteiger partial charge in [0.15, 0.2) is 0 Å². The Morgan fingerprint density at radius 3 is 2.33 bits per heavy atom. The minimum atomic E-state index is -0.957. The van der Waals surface area contributed by atoms with Gasteiger partial charge in [0.2, 0.25) is 11.6 Å². The number of nitrogens with two attached hydrogens (primary N) is 3. The molecule has 1 aliphatic carbocycles. The Morgan fingerprint density at radius 1 is 1.00 bits per heavy atom. The molecule has 2 rings (SSSR count). The number of anilines is 3. The molecule has 0 amide bonds. The van der Waals surface area contributed by atoms with Crippen LogP contribution < -0.4 is 17.2 Å². The Labute approximate surface area is 103 Å². The van der Waals surface area contributed by atoms with Crippen LogP contribution in [0.5, 0.6) is 0 Å². The SMILES string of the molecule is Nc1ccc(C2CCC(=O)C(=O)C2=O)c(N)c1N. The second kappa shape index (κ2) is 4.14. The summed E-state index contributed by atoms with van der Waals surface area (Å²) in [7, 11) is 0. The molecule has 1 unspecified atom stereocenters. The van der Waals surface area contributed by atoms with E-state index in [4.69, 9.17) is 17.2 Å². The van der Waals surface area contributed by atoms with Crippen molar-refractivity contribution in [1.82, 2.24) is 0 Å². The van der Waals surface area contributed by atoms with Crippen LogP contribution in [0.15, 0.2) is 12.1 Å². The van der Waals surface area contributed by atoms with E-state index in [2.05, 4.69) is 0 Å². The normalized spacial score (nSPS) is 20.2. The predicted molar refractivity (Wildman–Crippen MR) is 66.7 cm³/mol. The van der Waals surface area contributed by atoms with Crippen LogP contribution in [-0.2, 0) is 14.4 Å². The van der Waals surface area contributed by atoms with Crippen molar-refractivity contribution in [3.8, 4) is 0 Å². The molecule has 1 aromatic rings. The van der Waals surface area contributed by atoms with Gasteiger partial charge in [-0.05, 0) is 18.1 Å². The molecule has 0 aromatic heterocycles. The Morgan fingerprint density at radius 2 is 1.67 bits per heavy atom. The Bertz CT molecular complexity index is 566. The molecule has 0 bridgehead atoms. The summed E-state index contributed by atoms with van der Waals surface area (Å²) in [6.07, 6.45) is 0.329. The number of ketones is 3. The summed E-state index contributed by atoms with van der Waals surface area (Å²) in [6, 6.07) is 3.11. The van der Waals surface area contributed by atoms with Gasteiger partial charge in [-0.25, -0.2) is 0 Å². The summed E-state index contributed by atoms with van der Waals surface area (Å²) in [6.45, 7) is 0. The summed E-state index contributed by atoms with van der Waals surface area (Å²) < 4.78 is 0. The second-order valence-corrected chi connectivity index (χ2v) is 4.28. The van der Waals surface area contributed by atoms with E-state index in [1.807, 2.05) is 0 Å². The number of benzene rings is 1. The van der Waals surface area contributed by atoms with Gasteiger partial charge < -0.3 is 17.2 Å². The first-order valence-corrected chi connectivity index (χ1v) is 5.48. The number of hydrogen-bond acceptors (Lipinski definition) is 6. The van der Waals surface area contributed by atoms with E-state index in [9.17, 15) is 14.4 Å². The highest BCUT2D eigenvalue weighted by atomic mass is 16.2. The molecule has 6 N–H and O–H groups in total. The lowest BCUT2D eigenvalue weighted by Gasteiger charge is -2.21. The van der Waals surface area contributed by atoms with Crippen molar-refractivity contribution >= 4 is 34.4 Å². The largest absolute Gasteiger partial charge is 0.397 e. The lowest BCUT2D eigenvalue weighted by atomic mass is 9.80. The van der Waals surface area contributed by atoms with E-state index in [1.54, 1.807) is 6.07 Å². The minimum Gasteiger partial charge on any atom is -0.397 e. The smallest absolute Gasteiger partial charge is 0.264 e. The molecule has 0 heterocycles. The quantitative estimate of drug-likeness (QED) is 0.473. The fraction of sp³-hybridized carbons (Fsp3) is 0.250. The third-order valence-corrected chi connectivity index (χ3v) is 3.18. The number of carbonyl (C=O) groups excluding carboxylic acids is 3. The van der Waals surface area contributed by atoms with Crippen molar-refractivity contribution < 1.29 is 14.4 Å². The number of carbonyl (C=O) groups is 3. The van der Waals surface area contributed by atoms with Gasteiger partial charge in [-0.2, -0.15) is 0 Å². The molecule has 0 spiro atoms. The van der Waals surface area contributed by atoms with Gasteiger partial charge in [0.1, 0.15) is 0 Å². The van der Waals surface area contributed by atoms with Crippen LogP contribution in [0.25, 0.3) is 0 Å². The summed E-state index contributed by atoms with van der Waals surface area (Å²) in [4.78, 5) is 34.3. The zero-order chi connectivity index (χ0) is 13.4. The molecule has 1 atom stereocenters. The van der Waals surface area contributed by atoms with Gasteiger partial charge in [0, 0.05) is 6.42 Å². The Hall–Kier alpha value is -2.37. The molecule has 6 nitrogen and oxygen atoms in total. The zero-order valence-electron chi connectivity index (χ0n) is 9.60. The number of nitrogen functional groups attached to an aromatic ring is 3. The molecule has 1 saturated carbocycles. The van der Waals surface area contributed by atoms with Crippen molar-refractivity contribution in [1.29, 1.82) is 0 Å². The van der Waals surface area contributed by atoms with Crippen LogP contribution >= 0.6 is 0 Å². The number of hydrogen-bond donors (Lipinski definition) is 3. The van der Waals surface area contributed by atoms with Gasteiger partial charge in [0.05, 0.1) is 23.0 Å². The van der Waals surface area contributed by atoms with Gasteiger partial charge in [-0.15, -0.1) is 0 Å². The molecule has 0 radical (unpaired) electrons. The number of Topliss-reactive ketones (excluding diaryl/α,β-unsaturated/α-hetero) is 3. The lowest BCUT2D eigenvalue weighted by molar-refractivity contribution is -0.146. The van der Waals surface area contributed by atoms with Crippen molar-refractivity contribution in [2.45, 2.75) is 18.8 Å². The van der Waals surface area contributed by atoms with Crippen LogP contribution in [0.1, 0.15) is 24.3 Å². The Balaban J connectivity index is 2.44. The first-order chi connectivity index (χ1) is 8.43. The van der Waals surface area contributed by atoms with Gasteiger partial charge >= 0.3 is 0 Å². The van der Waals surface area contributed by atoms with E-state index in [1.165, 1.54) is 6.07 Å². The maximum absolute atomic E-state index is 11.8. The third-order valence-electron chi connectivity index (χ3n) is 3.18. The standard InChI is InChI=1S/C12H13N3O3/c13-7-3-1-5(9(14)10(7)15)6-2-4-8(16)12(18)11(6)17/h1,3,6H,2,4,13-15H2. The van der Waals surface area contributed by atoms with Crippen LogP contribution in [-0.4, -0.2) is 17.3 Å². The Kier molecular flexibility index (Phi) is 2.78. The maximum atomic E-state index is 11.8. The summed E-state index contributed by atoms with van der Waals surface area (Å²) >= 11 is 0. The fourth-order valence-electron chi connectivity index (χ4n) is 2.09. The van der Waals surface area contributed by atoms with Gasteiger partial charge in [-0.1, -0.05) is 6.07 Å². The second-order valence-electron chi connectivity index (χ2n) is 4.28. The highest BCUT2D eigenvalue weighted by molar-refractivity contribution is 6.65. The summed E-state index contributed by atoms with van der Waals surface area (Å²) in [5.41, 5.74) is 18.3. The van der Waals surface area contributed by atoms with E-state index >= 15 is 0 Å². The monoisotopic (exact) mass is 247 g/mol. The molecular weight excluding hydrogens is 234 g/mol. The van der Waals surface area contributed by atoms with Crippen molar-refractivity contribution in [3.63, 3.8) is 0 Å². The summed E-state index contributed by atoms with van der Waals surface area (Å²) in [5.74, 6) is -3.01. The average Bonchev–Trinajstić information content (AvgIpc) is 2.35. The first-order valence-electron chi connectivity index (χ1n) is 5.48. The average molecular weight is 247 g/mol. The lowest BCUT2D eigenvalue weighted by Crippen LogP contribution is -2.34. The van der Waals surface area contributed by atoms with Gasteiger partial charge in [0.25, 0.3) is 5.78 Å². The van der Waals surface area contributed by atoms with Crippen molar-refractivity contribution in [3.05, 3.63) is 17.7 Å². The molecule has 1 aromatic carbocycles. The van der Waals surface area contributed by atoms with Gasteiger partial charge in [-0.3, -0.25) is 14.4 Å². The van der Waals surface area contributed by atoms with Crippen LogP contribution in [0.2, 0.25) is 0 Å². The fourth-order valence-corrected chi connectivity index (χ4v) is 2.09. The van der Waals surface area contributed by atoms with Crippen molar-refractivity contribution in [2.24, 2.45) is 0 Å². The first kappa shape index (κ1) is 12.1. The molecule has 0 aliphatic heterocycles. The highest BCUT2D eigenvalue weighted by Crippen LogP contribution is 2.35. The van der Waals surface area contributed by atoms with Crippen LogP contribution in [0.3, 0.4) is 0 Å². The summed E-state index contributed by atoms with van der Waals surface area (Å²) in [5, 5.41) is 0. The molecule has 1 fully saturated rings. The highest BCUT2D eigenvalue weighted by Gasteiger charge is 2.37. The van der Waals surface area contributed by atoms with E-state index in [0.717, 1.165) is 0 Å². The minimum absolute atomic E-state index is 0.0545. The zero-order valence-corrected chi connectivity index (χ0v) is 9.60. The maximum Gasteiger partial charge on any atom is 0.264 e. The van der Waals surface area contributed by atoms with Crippen molar-refractivity contribution in [2.75, 3.05) is 17.2 Å². The molecule has 1 aliphatic rings.